The molecule has 1 aromatic carbocycles. The summed E-state index contributed by atoms with van der Waals surface area (Å²) in [6.45, 7) is 8.63. The van der Waals surface area contributed by atoms with Crippen LogP contribution in [-0.4, -0.2) is 30.9 Å². The maximum atomic E-state index is 12.7. The van der Waals surface area contributed by atoms with Gasteiger partial charge in [-0.05, 0) is 47.9 Å². The van der Waals surface area contributed by atoms with Gasteiger partial charge in [-0.25, -0.2) is 0 Å². The largest absolute Gasteiger partial charge is 0.341 e. The number of rotatable bonds is 1. The molecule has 2 aliphatic heterocycles. The Morgan fingerprint density at radius 1 is 1.29 bits per heavy atom. The maximum absolute atomic E-state index is 12.7. The molecule has 114 valence electrons. The summed E-state index contributed by atoms with van der Waals surface area (Å²) in [5.41, 5.74) is 4.91. The highest BCUT2D eigenvalue weighted by molar-refractivity contribution is 5.98. The highest BCUT2D eigenvalue weighted by Gasteiger charge is 2.31. The lowest BCUT2D eigenvalue weighted by atomic mass is 9.80. The van der Waals surface area contributed by atoms with E-state index in [-0.39, 0.29) is 11.3 Å². The zero-order valence-corrected chi connectivity index (χ0v) is 13.6. The molecule has 1 fully saturated rings. The number of amides is 1. The highest BCUT2D eigenvalue weighted by atomic mass is 16.2. The van der Waals surface area contributed by atoms with Gasteiger partial charge in [0.25, 0.3) is 5.91 Å². The summed E-state index contributed by atoms with van der Waals surface area (Å²) in [4.78, 5) is 14.5. The number of hydrogen-bond acceptors (Lipinski definition) is 2. The van der Waals surface area contributed by atoms with E-state index in [0.717, 1.165) is 31.5 Å². The van der Waals surface area contributed by atoms with Crippen LogP contribution in [0.4, 0.5) is 0 Å². The first kappa shape index (κ1) is 14.6. The van der Waals surface area contributed by atoms with Gasteiger partial charge in [0.15, 0.2) is 0 Å². The number of fused-ring (bicyclic) bond motifs is 1. The summed E-state index contributed by atoms with van der Waals surface area (Å²) in [5.74, 6) is 0.195. The second-order valence-corrected chi connectivity index (χ2v) is 7.48. The number of carbonyl (C=O) groups excluding carboxylic acids is 1. The molecule has 3 rings (SSSR count). The van der Waals surface area contributed by atoms with E-state index in [1.165, 1.54) is 23.1 Å². The summed E-state index contributed by atoms with van der Waals surface area (Å²) < 4.78 is 0. The standard InChI is InChI=1S/C18H26N2O/c1-18(2,3)13-10-12-7-9-20(4)17(21)16(12)14(11-13)15-6-5-8-19-15/h10-11,15,19H,5-9H2,1-4H3. The van der Waals surface area contributed by atoms with Gasteiger partial charge in [0.2, 0.25) is 0 Å². The molecule has 0 spiro atoms. The number of nitrogens with one attached hydrogen (secondary N) is 1. The number of carbonyl (C=O) groups is 1. The third kappa shape index (κ3) is 2.59. The lowest BCUT2D eigenvalue weighted by molar-refractivity contribution is 0.0778. The Morgan fingerprint density at radius 3 is 2.67 bits per heavy atom. The first-order valence-electron chi connectivity index (χ1n) is 8.04. The predicted molar refractivity (Wildman–Crippen MR) is 85.8 cm³/mol. The van der Waals surface area contributed by atoms with Crippen LogP contribution < -0.4 is 5.32 Å². The molecule has 0 radical (unpaired) electrons. The van der Waals surface area contributed by atoms with Crippen LogP contribution in [0.2, 0.25) is 0 Å². The van der Waals surface area contributed by atoms with Crippen molar-refractivity contribution in [3.8, 4) is 0 Å². The van der Waals surface area contributed by atoms with E-state index >= 15 is 0 Å². The molecule has 1 N–H and O–H groups in total. The summed E-state index contributed by atoms with van der Waals surface area (Å²) in [7, 11) is 1.91. The summed E-state index contributed by atoms with van der Waals surface area (Å²) in [6.07, 6.45) is 3.31. The molecule has 0 aliphatic carbocycles. The fraction of sp³-hybridized carbons (Fsp3) is 0.611. The maximum Gasteiger partial charge on any atom is 0.254 e. The fourth-order valence-electron chi connectivity index (χ4n) is 3.42. The topological polar surface area (TPSA) is 32.3 Å². The molecule has 0 saturated carbocycles. The SMILES string of the molecule is CN1CCc2cc(C(C)(C)C)cc(C3CCCN3)c2C1=O. The van der Waals surface area contributed by atoms with Crippen LogP contribution in [0.1, 0.15) is 66.7 Å². The highest BCUT2D eigenvalue weighted by Crippen LogP contribution is 2.35. The first-order chi connectivity index (χ1) is 9.88. The molecule has 1 saturated heterocycles. The number of hydrogen-bond donors (Lipinski definition) is 1. The van der Waals surface area contributed by atoms with E-state index in [4.69, 9.17) is 0 Å². The molecule has 3 heteroatoms. The van der Waals surface area contributed by atoms with Crippen LogP contribution in [0, 0.1) is 0 Å². The average Bonchev–Trinajstić information content (AvgIpc) is 2.94. The Balaban J connectivity index is 2.16. The van der Waals surface area contributed by atoms with Gasteiger partial charge in [0.05, 0.1) is 0 Å². The molecule has 3 nitrogen and oxygen atoms in total. The molecule has 0 aromatic heterocycles. The minimum Gasteiger partial charge on any atom is -0.341 e. The smallest absolute Gasteiger partial charge is 0.254 e. The molecule has 1 unspecified atom stereocenters. The Kier molecular flexibility index (Phi) is 3.56. The molecule has 2 heterocycles. The molecule has 1 aromatic rings. The van der Waals surface area contributed by atoms with Crippen LogP contribution in [0.5, 0.6) is 0 Å². The molecule has 1 atom stereocenters. The quantitative estimate of drug-likeness (QED) is 0.860. The minimum atomic E-state index is 0.120. The molecular formula is C18H26N2O. The van der Waals surface area contributed by atoms with Gasteiger partial charge in [-0.3, -0.25) is 4.79 Å². The van der Waals surface area contributed by atoms with Crippen molar-refractivity contribution < 1.29 is 4.79 Å². The number of likely N-dealkylation sites (N-methyl/N-ethyl adjacent to an activating group) is 1. The van der Waals surface area contributed by atoms with E-state index < -0.39 is 0 Å². The second kappa shape index (κ2) is 5.13. The van der Waals surface area contributed by atoms with Crippen molar-refractivity contribution in [3.63, 3.8) is 0 Å². The van der Waals surface area contributed by atoms with Crippen molar-refractivity contribution >= 4 is 5.91 Å². The molecule has 0 bridgehead atoms. The summed E-state index contributed by atoms with van der Waals surface area (Å²) in [5, 5.41) is 3.57. The van der Waals surface area contributed by atoms with E-state index in [2.05, 4.69) is 38.2 Å². The Hall–Kier alpha value is -1.35. The molecule has 1 amide bonds. The Morgan fingerprint density at radius 2 is 2.05 bits per heavy atom. The van der Waals surface area contributed by atoms with Gasteiger partial charge in [-0.15, -0.1) is 0 Å². The lowest BCUT2D eigenvalue weighted by Crippen LogP contribution is -2.36. The van der Waals surface area contributed by atoms with Gasteiger partial charge in [0, 0.05) is 25.2 Å². The van der Waals surface area contributed by atoms with Crippen molar-refractivity contribution in [2.24, 2.45) is 0 Å². The van der Waals surface area contributed by atoms with Gasteiger partial charge < -0.3 is 10.2 Å². The Labute approximate surface area is 127 Å². The monoisotopic (exact) mass is 286 g/mol. The number of benzene rings is 1. The van der Waals surface area contributed by atoms with Crippen LogP contribution in [-0.2, 0) is 11.8 Å². The van der Waals surface area contributed by atoms with Gasteiger partial charge >= 0.3 is 0 Å². The van der Waals surface area contributed by atoms with Crippen LogP contribution in [0.3, 0.4) is 0 Å². The van der Waals surface area contributed by atoms with Crippen LogP contribution in [0.25, 0.3) is 0 Å². The van der Waals surface area contributed by atoms with E-state index in [0.29, 0.717) is 6.04 Å². The van der Waals surface area contributed by atoms with Gasteiger partial charge in [0.1, 0.15) is 0 Å². The molecule has 21 heavy (non-hydrogen) atoms. The van der Waals surface area contributed by atoms with Crippen LogP contribution in [0.15, 0.2) is 12.1 Å². The summed E-state index contributed by atoms with van der Waals surface area (Å²) >= 11 is 0. The van der Waals surface area contributed by atoms with E-state index in [9.17, 15) is 4.79 Å². The second-order valence-electron chi connectivity index (χ2n) is 7.48. The lowest BCUT2D eigenvalue weighted by Gasteiger charge is -2.31. The first-order valence-corrected chi connectivity index (χ1v) is 8.04. The predicted octanol–water partition coefficient (Wildman–Crippen LogP) is 3.04. The van der Waals surface area contributed by atoms with Gasteiger partial charge in [-0.1, -0.05) is 32.9 Å². The zero-order valence-electron chi connectivity index (χ0n) is 13.6. The van der Waals surface area contributed by atoms with Crippen molar-refractivity contribution in [3.05, 3.63) is 34.4 Å². The van der Waals surface area contributed by atoms with Gasteiger partial charge in [-0.2, -0.15) is 0 Å². The number of nitrogens with zero attached hydrogens (tertiary/aromatic N) is 1. The molecule has 2 aliphatic rings. The fourth-order valence-corrected chi connectivity index (χ4v) is 3.42. The zero-order chi connectivity index (χ0) is 15.2. The van der Waals surface area contributed by atoms with Crippen molar-refractivity contribution in [1.82, 2.24) is 10.2 Å². The average molecular weight is 286 g/mol. The normalized spacial score (nSPS) is 22.6. The van der Waals surface area contributed by atoms with E-state index in [1.54, 1.807) is 0 Å². The summed E-state index contributed by atoms with van der Waals surface area (Å²) in [6, 6.07) is 4.88. The van der Waals surface area contributed by atoms with Crippen molar-refractivity contribution in [2.75, 3.05) is 20.1 Å². The van der Waals surface area contributed by atoms with Crippen LogP contribution >= 0.6 is 0 Å². The third-order valence-corrected chi connectivity index (χ3v) is 4.83. The minimum absolute atomic E-state index is 0.120. The molecular weight excluding hydrogens is 260 g/mol. The van der Waals surface area contributed by atoms with Crippen molar-refractivity contribution in [2.45, 2.75) is 51.5 Å². The van der Waals surface area contributed by atoms with Crippen molar-refractivity contribution in [1.29, 1.82) is 0 Å². The third-order valence-electron chi connectivity index (χ3n) is 4.83. The van der Waals surface area contributed by atoms with E-state index in [1.807, 2.05) is 11.9 Å². The Bertz CT molecular complexity index is 565.